The number of rotatable bonds is 7. The van der Waals surface area contributed by atoms with Crippen LogP contribution in [-0.2, 0) is 21.4 Å². The fraction of sp³-hybridized carbons (Fsp3) is 0.240. The zero-order valence-corrected chi connectivity index (χ0v) is 23.3. The van der Waals surface area contributed by atoms with Gasteiger partial charge in [0.2, 0.25) is 0 Å². The summed E-state index contributed by atoms with van der Waals surface area (Å²) in [5.41, 5.74) is 3.12. The molecule has 0 aliphatic rings. The SMILES string of the molecule is Cc1c(COC(C)(C)C)cccc1NC(=O)c1ccc(NS(=O)(=O)c2cc(Br)ccc2Br)cc1. The molecule has 3 aromatic rings. The third-order valence-electron chi connectivity index (χ3n) is 4.94. The van der Waals surface area contributed by atoms with Crippen LogP contribution < -0.4 is 10.0 Å². The third kappa shape index (κ3) is 6.91. The molecule has 0 atom stereocenters. The molecule has 0 unspecified atom stereocenters. The van der Waals surface area contributed by atoms with E-state index >= 15 is 0 Å². The molecule has 180 valence electrons. The van der Waals surface area contributed by atoms with Gasteiger partial charge in [-0.2, -0.15) is 0 Å². The first-order valence-electron chi connectivity index (χ1n) is 10.5. The molecule has 0 spiro atoms. The summed E-state index contributed by atoms with van der Waals surface area (Å²) in [5, 5.41) is 2.93. The van der Waals surface area contributed by atoms with Crippen molar-refractivity contribution in [2.45, 2.75) is 44.8 Å². The van der Waals surface area contributed by atoms with Gasteiger partial charge in [0.05, 0.1) is 12.2 Å². The van der Waals surface area contributed by atoms with E-state index in [0.717, 1.165) is 11.1 Å². The van der Waals surface area contributed by atoms with E-state index in [2.05, 4.69) is 41.9 Å². The Hall–Kier alpha value is -2.20. The quantitative estimate of drug-likeness (QED) is 0.305. The Morgan fingerprint density at radius 1 is 1.00 bits per heavy atom. The number of carbonyl (C=O) groups excluding carboxylic acids is 1. The predicted molar refractivity (Wildman–Crippen MR) is 143 cm³/mol. The predicted octanol–water partition coefficient (Wildman–Crippen LogP) is 6.89. The van der Waals surface area contributed by atoms with Gasteiger partial charge in [0.1, 0.15) is 4.90 Å². The van der Waals surface area contributed by atoms with Crippen LogP contribution in [0.3, 0.4) is 0 Å². The molecule has 0 saturated carbocycles. The van der Waals surface area contributed by atoms with Crippen LogP contribution in [0.25, 0.3) is 0 Å². The van der Waals surface area contributed by atoms with Gasteiger partial charge in [-0.15, -0.1) is 0 Å². The van der Waals surface area contributed by atoms with E-state index in [1.165, 1.54) is 6.07 Å². The topological polar surface area (TPSA) is 84.5 Å². The van der Waals surface area contributed by atoms with Crippen LogP contribution in [0.15, 0.2) is 74.5 Å². The van der Waals surface area contributed by atoms with E-state index in [0.29, 0.717) is 32.5 Å². The second kappa shape index (κ2) is 10.6. The van der Waals surface area contributed by atoms with Crippen molar-refractivity contribution >= 4 is 59.2 Å². The molecule has 3 rings (SSSR count). The molecule has 0 aliphatic carbocycles. The van der Waals surface area contributed by atoms with E-state index < -0.39 is 10.0 Å². The Morgan fingerprint density at radius 2 is 1.68 bits per heavy atom. The van der Waals surface area contributed by atoms with E-state index in [4.69, 9.17) is 4.74 Å². The lowest BCUT2D eigenvalue weighted by molar-refractivity contribution is -0.0151. The average Bonchev–Trinajstić information content (AvgIpc) is 2.75. The Kier molecular flexibility index (Phi) is 8.23. The van der Waals surface area contributed by atoms with Crippen LogP contribution in [0.5, 0.6) is 0 Å². The van der Waals surface area contributed by atoms with Crippen molar-refractivity contribution < 1.29 is 17.9 Å². The summed E-state index contributed by atoms with van der Waals surface area (Å²) in [4.78, 5) is 12.9. The number of sulfonamides is 1. The molecule has 1 amide bonds. The zero-order chi connectivity index (χ0) is 25.1. The second-order valence-corrected chi connectivity index (χ2v) is 12.1. The van der Waals surface area contributed by atoms with Crippen LogP contribution in [-0.4, -0.2) is 19.9 Å². The number of hydrogen-bond acceptors (Lipinski definition) is 4. The van der Waals surface area contributed by atoms with Gasteiger partial charge in [0.25, 0.3) is 15.9 Å². The maximum Gasteiger partial charge on any atom is 0.263 e. The first-order valence-corrected chi connectivity index (χ1v) is 13.5. The number of anilines is 2. The molecule has 9 heteroatoms. The molecule has 6 nitrogen and oxygen atoms in total. The van der Waals surface area contributed by atoms with Crippen molar-refractivity contribution in [1.29, 1.82) is 0 Å². The summed E-state index contributed by atoms with van der Waals surface area (Å²) in [5.74, 6) is -0.291. The molecule has 0 bridgehead atoms. The molecule has 0 saturated heterocycles. The van der Waals surface area contributed by atoms with Gasteiger partial charge in [0.15, 0.2) is 0 Å². The maximum atomic E-state index is 12.8. The summed E-state index contributed by atoms with van der Waals surface area (Å²) < 4.78 is 35.0. The number of ether oxygens (including phenoxy) is 1. The zero-order valence-electron chi connectivity index (χ0n) is 19.3. The maximum absolute atomic E-state index is 12.8. The number of benzene rings is 3. The second-order valence-electron chi connectivity index (χ2n) is 8.70. The Labute approximate surface area is 217 Å². The van der Waals surface area contributed by atoms with Gasteiger partial charge in [0, 0.05) is 25.9 Å². The van der Waals surface area contributed by atoms with Crippen molar-refractivity contribution in [3.8, 4) is 0 Å². The Balaban J connectivity index is 1.72. The summed E-state index contributed by atoms with van der Waals surface area (Å²) in [6.45, 7) is 8.37. The highest BCUT2D eigenvalue weighted by Crippen LogP contribution is 2.28. The van der Waals surface area contributed by atoms with Crippen molar-refractivity contribution in [3.63, 3.8) is 0 Å². The highest BCUT2D eigenvalue weighted by atomic mass is 79.9. The monoisotopic (exact) mass is 608 g/mol. The molecule has 2 N–H and O–H groups in total. The highest BCUT2D eigenvalue weighted by Gasteiger charge is 2.19. The largest absolute Gasteiger partial charge is 0.371 e. The molecule has 0 heterocycles. The molecule has 0 radical (unpaired) electrons. The molecule has 3 aromatic carbocycles. The van der Waals surface area contributed by atoms with Crippen LogP contribution in [0.2, 0.25) is 0 Å². The van der Waals surface area contributed by atoms with Gasteiger partial charge in [-0.3, -0.25) is 9.52 Å². The summed E-state index contributed by atoms with van der Waals surface area (Å²) >= 11 is 6.56. The van der Waals surface area contributed by atoms with E-state index in [-0.39, 0.29) is 16.4 Å². The normalized spacial score (nSPS) is 11.8. The average molecular weight is 610 g/mol. The smallest absolute Gasteiger partial charge is 0.263 e. The molecule has 34 heavy (non-hydrogen) atoms. The Bertz CT molecular complexity index is 1300. The third-order valence-corrected chi connectivity index (χ3v) is 7.81. The van der Waals surface area contributed by atoms with Crippen molar-refractivity contribution in [2.75, 3.05) is 10.0 Å². The number of carbonyl (C=O) groups is 1. The van der Waals surface area contributed by atoms with Gasteiger partial charge in [-0.05, 0) is 103 Å². The fourth-order valence-electron chi connectivity index (χ4n) is 3.05. The van der Waals surface area contributed by atoms with Crippen molar-refractivity contribution in [2.24, 2.45) is 0 Å². The number of hydrogen-bond donors (Lipinski definition) is 2. The van der Waals surface area contributed by atoms with Gasteiger partial charge in [-0.1, -0.05) is 28.1 Å². The van der Waals surface area contributed by atoms with E-state index in [1.807, 2.05) is 45.9 Å². The minimum Gasteiger partial charge on any atom is -0.371 e. The lowest BCUT2D eigenvalue weighted by atomic mass is 10.1. The molecule has 0 aliphatic heterocycles. The number of amides is 1. The first-order chi connectivity index (χ1) is 15.9. The summed E-state index contributed by atoms with van der Waals surface area (Å²) in [6.07, 6.45) is 0. The fourth-order valence-corrected chi connectivity index (χ4v) is 5.61. The lowest BCUT2D eigenvalue weighted by Gasteiger charge is -2.21. The van der Waals surface area contributed by atoms with Gasteiger partial charge < -0.3 is 10.1 Å². The van der Waals surface area contributed by atoms with Gasteiger partial charge in [-0.25, -0.2) is 8.42 Å². The van der Waals surface area contributed by atoms with Crippen molar-refractivity contribution in [3.05, 3.63) is 86.3 Å². The van der Waals surface area contributed by atoms with E-state index in [1.54, 1.807) is 36.4 Å². The molecule has 0 fully saturated rings. The minimum atomic E-state index is -3.81. The first kappa shape index (κ1) is 26.4. The highest BCUT2D eigenvalue weighted by molar-refractivity contribution is 9.11. The number of halogens is 2. The van der Waals surface area contributed by atoms with Crippen LogP contribution in [0, 0.1) is 6.92 Å². The van der Waals surface area contributed by atoms with Crippen molar-refractivity contribution in [1.82, 2.24) is 0 Å². The van der Waals surface area contributed by atoms with Gasteiger partial charge >= 0.3 is 0 Å². The van der Waals surface area contributed by atoms with Crippen LogP contribution >= 0.6 is 31.9 Å². The minimum absolute atomic E-state index is 0.106. The van der Waals surface area contributed by atoms with Crippen LogP contribution in [0.1, 0.15) is 42.3 Å². The molecular formula is C25H26Br2N2O4S. The van der Waals surface area contributed by atoms with E-state index in [9.17, 15) is 13.2 Å². The molecular weight excluding hydrogens is 584 g/mol. The van der Waals surface area contributed by atoms with Crippen LogP contribution in [0.4, 0.5) is 11.4 Å². The lowest BCUT2D eigenvalue weighted by Crippen LogP contribution is -2.19. The summed E-state index contributed by atoms with van der Waals surface area (Å²) in [6, 6.07) is 16.9. The number of nitrogens with one attached hydrogen (secondary N) is 2. The Morgan fingerprint density at radius 3 is 2.32 bits per heavy atom. The summed E-state index contributed by atoms with van der Waals surface area (Å²) in [7, 11) is -3.81. The standard InChI is InChI=1S/C25H26Br2N2O4S/c1-16-18(15-33-25(2,3)4)6-5-7-22(16)28-24(30)17-8-11-20(12-9-17)29-34(31,32)23-14-19(26)10-13-21(23)27/h5-14,29H,15H2,1-4H3,(H,28,30). The molecule has 0 aromatic heterocycles.